The minimum atomic E-state index is -0.463. The molecule has 2 heterocycles. The van der Waals surface area contributed by atoms with Crippen LogP contribution in [-0.4, -0.2) is 78.5 Å². The Morgan fingerprint density at radius 1 is 1.12 bits per heavy atom. The second-order valence-electron chi connectivity index (χ2n) is 10.0. The van der Waals surface area contributed by atoms with Gasteiger partial charge in [0.2, 0.25) is 11.9 Å². The van der Waals surface area contributed by atoms with E-state index in [1.54, 1.807) is 24.4 Å². The van der Waals surface area contributed by atoms with Gasteiger partial charge in [-0.3, -0.25) is 9.59 Å². The van der Waals surface area contributed by atoms with E-state index in [-0.39, 0.29) is 36.6 Å². The van der Waals surface area contributed by atoms with Gasteiger partial charge in [-0.1, -0.05) is 24.8 Å². The molecule has 0 spiro atoms. The van der Waals surface area contributed by atoms with E-state index in [0.717, 1.165) is 28.7 Å². The molecule has 4 aromatic rings. The standard InChI is InChI=1S/C31H36ClN7O3.ClH/c1-7-30(41)39(31-33-15-13-23(35-31)22-20-38(5)25-11-9-8-10-21(22)25)27-18-24(34-29(40)12-14-32)26(19-28(27)42-6)37(4)17-16-36(2)3;/h7-11,13,15,18-20H,1,12,14,16-17H2,2-6H3,(H,34,40);1H. The molecule has 1 N–H and O–H groups in total. The Kier molecular flexibility index (Phi) is 11.5. The number of ether oxygens (including phenoxy) is 1. The number of rotatable bonds is 12. The maximum atomic E-state index is 13.4. The molecule has 2 aromatic carbocycles. The molecule has 0 saturated heterocycles. The van der Waals surface area contributed by atoms with Gasteiger partial charge in [0.25, 0.3) is 5.91 Å². The number of halogens is 2. The van der Waals surface area contributed by atoms with Crippen LogP contribution in [0.1, 0.15) is 6.42 Å². The Morgan fingerprint density at radius 3 is 2.53 bits per heavy atom. The number of alkyl halides is 1. The summed E-state index contributed by atoms with van der Waals surface area (Å²) < 4.78 is 7.82. The molecule has 0 radical (unpaired) electrons. The van der Waals surface area contributed by atoms with Crippen LogP contribution >= 0.6 is 24.0 Å². The highest BCUT2D eigenvalue weighted by Crippen LogP contribution is 2.41. The fraction of sp³-hybridized carbons (Fsp3) is 0.290. The first kappa shape index (κ1) is 33.4. The highest BCUT2D eigenvalue weighted by molar-refractivity contribution is 6.19. The molecule has 4 rings (SSSR count). The van der Waals surface area contributed by atoms with Gasteiger partial charge >= 0.3 is 0 Å². The maximum absolute atomic E-state index is 13.4. The molecule has 12 heteroatoms. The van der Waals surface area contributed by atoms with Crippen LogP contribution < -0.4 is 19.9 Å². The molecule has 2 aromatic heterocycles. The highest BCUT2D eigenvalue weighted by Gasteiger charge is 2.26. The summed E-state index contributed by atoms with van der Waals surface area (Å²) in [5, 5.41) is 3.98. The Morgan fingerprint density at radius 2 is 1.86 bits per heavy atom. The molecule has 0 aliphatic carbocycles. The molecule has 0 aliphatic heterocycles. The Labute approximate surface area is 263 Å². The third-order valence-electron chi connectivity index (χ3n) is 6.84. The lowest BCUT2D eigenvalue weighted by Crippen LogP contribution is -2.30. The third kappa shape index (κ3) is 7.45. The number of methoxy groups -OCH3 is 1. The topological polar surface area (TPSA) is 95.8 Å². The van der Waals surface area contributed by atoms with Crippen LogP contribution in [0.15, 0.2) is 67.5 Å². The van der Waals surface area contributed by atoms with Crippen molar-refractivity contribution in [3.63, 3.8) is 0 Å². The molecule has 0 bridgehead atoms. The lowest BCUT2D eigenvalue weighted by atomic mass is 10.1. The number of nitrogens with one attached hydrogen (secondary N) is 1. The number of anilines is 4. The number of carbonyl (C=O) groups excluding carboxylic acids is 2. The summed E-state index contributed by atoms with van der Waals surface area (Å²) in [5.74, 6) is -0.00708. The summed E-state index contributed by atoms with van der Waals surface area (Å²) in [6.45, 7) is 5.17. The van der Waals surface area contributed by atoms with Gasteiger partial charge in [0, 0.05) is 74.4 Å². The largest absolute Gasteiger partial charge is 0.494 e. The van der Waals surface area contributed by atoms with Crippen LogP contribution in [0, 0.1) is 0 Å². The zero-order valence-corrected chi connectivity index (χ0v) is 26.6. The van der Waals surface area contributed by atoms with E-state index in [2.05, 4.69) is 21.8 Å². The van der Waals surface area contributed by atoms with E-state index >= 15 is 0 Å². The Bertz CT molecular complexity index is 1610. The van der Waals surface area contributed by atoms with Gasteiger partial charge < -0.3 is 24.4 Å². The second kappa shape index (κ2) is 14.9. The molecule has 0 atom stereocenters. The quantitative estimate of drug-likeness (QED) is 0.164. The smallest absolute Gasteiger partial charge is 0.257 e. The zero-order valence-electron chi connectivity index (χ0n) is 25.0. The molecule has 2 amide bonds. The average Bonchev–Trinajstić information content (AvgIpc) is 3.32. The second-order valence-corrected chi connectivity index (χ2v) is 10.4. The molecule has 10 nitrogen and oxygen atoms in total. The average molecular weight is 627 g/mol. The van der Waals surface area contributed by atoms with Crippen LogP contribution in [0.3, 0.4) is 0 Å². The van der Waals surface area contributed by atoms with E-state index in [1.165, 1.54) is 18.1 Å². The number of likely N-dealkylation sites (N-methyl/N-ethyl adjacent to an activating group) is 2. The summed E-state index contributed by atoms with van der Waals surface area (Å²) in [6.07, 6.45) is 4.94. The lowest BCUT2D eigenvalue weighted by molar-refractivity contribution is -0.116. The summed E-state index contributed by atoms with van der Waals surface area (Å²) >= 11 is 5.84. The van der Waals surface area contributed by atoms with Gasteiger partial charge in [0.1, 0.15) is 5.75 Å². The lowest BCUT2D eigenvalue weighted by Gasteiger charge is -2.28. The Hall–Kier alpha value is -4.12. The first-order chi connectivity index (χ1) is 20.2. The fourth-order valence-corrected chi connectivity index (χ4v) is 4.82. The predicted molar refractivity (Wildman–Crippen MR) is 177 cm³/mol. The van der Waals surface area contributed by atoms with Crippen molar-refractivity contribution < 1.29 is 14.3 Å². The number of fused-ring (bicyclic) bond motifs is 1. The number of hydrogen-bond donors (Lipinski definition) is 1. The molecular formula is C31H37Cl2N7O3. The van der Waals surface area contributed by atoms with E-state index in [0.29, 0.717) is 29.4 Å². The van der Waals surface area contributed by atoms with Gasteiger partial charge in [-0.25, -0.2) is 14.9 Å². The van der Waals surface area contributed by atoms with Crippen molar-refractivity contribution in [1.29, 1.82) is 0 Å². The van der Waals surface area contributed by atoms with Crippen LogP contribution in [-0.2, 0) is 16.6 Å². The summed E-state index contributed by atoms with van der Waals surface area (Å²) in [6, 6.07) is 13.3. The van der Waals surface area contributed by atoms with Crippen LogP contribution in [0.25, 0.3) is 22.2 Å². The number of para-hydroxylation sites is 1. The summed E-state index contributed by atoms with van der Waals surface area (Å²) in [4.78, 5) is 40.8. The van der Waals surface area contributed by atoms with Crippen molar-refractivity contribution in [2.75, 3.05) is 62.3 Å². The molecule has 0 fully saturated rings. The minimum Gasteiger partial charge on any atom is -0.494 e. The molecule has 228 valence electrons. The number of aryl methyl sites for hydroxylation is 1. The first-order valence-corrected chi connectivity index (χ1v) is 14.0. The van der Waals surface area contributed by atoms with E-state index < -0.39 is 5.91 Å². The van der Waals surface area contributed by atoms with Crippen molar-refractivity contribution in [2.24, 2.45) is 7.05 Å². The monoisotopic (exact) mass is 625 g/mol. The number of benzene rings is 2. The first-order valence-electron chi connectivity index (χ1n) is 13.5. The normalized spacial score (nSPS) is 10.8. The highest BCUT2D eigenvalue weighted by atomic mass is 35.5. The molecule has 0 aliphatic rings. The van der Waals surface area contributed by atoms with Gasteiger partial charge in [0.05, 0.1) is 29.9 Å². The molecular weight excluding hydrogens is 589 g/mol. The maximum Gasteiger partial charge on any atom is 0.257 e. The minimum absolute atomic E-state index is 0. The van der Waals surface area contributed by atoms with Crippen LogP contribution in [0.2, 0.25) is 0 Å². The van der Waals surface area contributed by atoms with Crippen LogP contribution in [0.4, 0.5) is 23.0 Å². The number of amides is 2. The fourth-order valence-electron chi connectivity index (χ4n) is 4.65. The van der Waals surface area contributed by atoms with E-state index in [4.69, 9.17) is 21.3 Å². The SMILES string of the molecule is C=CC(=O)N(c1nccc(-c2cn(C)c3ccccc23)n1)c1cc(NC(=O)CCCl)c(N(C)CCN(C)C)cc1OC.Cl. The zero-order chi connectivity index (χ0) is 30.4. The Balaban J connectivity index is 0.00000506. The van der Waals surface area contributed by atoms with Gasteiger partial charge in [-0.05, 0) is 38.4 Å². The summed E-state index contributed by atoms with van der Waals surface area (Å²) in [7, 11) is 9.41. The molecule has 43 heavy (non-hydrogen) atoms. The van der Waals surface area contributed by atoms with Crippen LogP contribution in [0.5, 0.6) is 5.75 Å². The van der Waals surface area contributed by atoms with Gasteiger partial charge in [0.15, 0.2) is 0 Å². The van der Waals surface area contributed by atoms with E-state index in [9.17, 15) is 9.59 Å². The number of carbonyl (C=O) groups is 2. The van der Waals surface area contributed by atoms with Crippen molar-refractivity contribution >= 4 is 69.7 Å². The number of aromatic nitrogens is 3. The van der Waals surface area contributed by atoms with Gasteiger partial charge in [-0.15, -0.1) is 24.0 Å². The van der Waals surface area contributed by atoms with Crippen molar-refractivity contribution in [3.8, 4) is 17.0 Å². The van der Waals surface area contributed by atoms with Crippen molar-refractivity contribution in [2.45, 2.75) is 6.42 Å². The van der Waals surface area contributed by atoms with E-state index in [1.807, 2.05) is 68.1 Å². The summed E-state index contributed by atoms with van der Waals surface area (Å²) in [5.41, 5.74) is 4.17. The van der Waals surface area contributed by atoms with Crippen molar-refractivity contribution in [3.05, 3.63) is 67.5 Å². The van der Waals surface area contributed by atoms with Gasteiger partial charge in [-0.2, -0.15) is 0 Å². The molecule has 0 unspecified atom stereocenters. The molecule has 0 saturated carbocycles. The van der Waals surface area contributed by atoms with Crippen molar-refractivity contribution in [1.82, 2.24) is 19.4 Å². The number of hydrogen-bond acceptors (Lipinski definition) is 7. The predicted octanol–water partition coefficient (Wildman–Crippen LogP) is 5.48. The number of nitrogens with zero attached hydrogens (tertiary/aromatic N) is 6. The third-order valence-corrected chi connectivity index (χ3v) is 7.03.